The molecule has 1 aromatic carbocycles. The monoisotopic (exact) mass is 276 g/mol. The lowest BCUT2D eigenvalue weighted by atomic mass is 10.1. The van der Waals surface area contributed by atoms with E-state index in [1.807, 2.05) is 0 Å². The van der Waals surface area contributed by atoms with E-state index in [9.17, 15) is 4.39 Å². The summed E-state index contributed by atoms with van der Waals surface area (Å²) in [6.45, 7) is 0.236. The smallest absolute Gasteiger partial charge is 0.124 e. The normalized spacial score (nSPS) is 16.3. The zero-order chi connectivity index (χ0) is 14.2. The third-order valence-electron chi connectivity index (χ3n) is 3.65. The van der Waals surface area contributed by atoms with Gasteiger partial charge >= 0.3 is 0 Å². The summed E-state index contributed by atoms with van der Waals surface area (Å²) in [5.41, 5.74) is 1.49. The third kappa shape index (κ3) is 4.63. The Hall–Kier alpha value is -1.37. The number of ether oxygens (including phenoxy) is 1. The number of benzene rings is 1. The maximum absolute atomic E-state index is 13.3. The lowest BCUT2D eigenvalue weighted by molar-refractivity contribution is 0.0308. The topological polar surface area (TPSA) is 29.5 Å². The minimum atomic E-state index is -0.314. The molecule has 1 fully saturated rings. The van der Waals surface area contributed by atoms with E-state index in [-0.39, 0.29) is 12.4 Å². The van der Waals surface area contributed by atoms with E-state index < -0.39 is 0 Å². The van der Waals surface area contributed by atoms with E-state index in [4.69, 9.17) is 9.84 Å². The molecule has 0 heterocycles. The predicted molar refractivity (Wildman–Crippen MR) is 76.6 cm³/mol. The summed E-state index contributed by atoms with van der Waals surface area (Å²) >= 11 is 0. The predicted octanol–water partition coefficient (Wildman–Crippen LogP) is 3.41. The van der Waals surface area contributed by atoms with Gasteiger partial charge in [-0.05, 0) is 30.5 Å². The molecule has 0 spiro atoms. The minimum absolute atomic E-state index is 0.223. The van der Waals surface area contributed by atoms with Crippen LogP contribution in [0.3, 0.4) is 0 Å². The van der Waals surface area contributed by atoms with Crippen LogP contribution in [0.1, 0.15) is 49.7 Å². The molecule has 0 atom stereocenters. The highest BCUT2D eigenvalue weighted by Crippen LogP contribution is 2.21. The largest absolute Gasteiger partial charge is 0.384 e. The maximum atomic E-state index is 13.3. The van der Waals surface area contributed by atoms with Crippen molar-refractivity contribution in [3.8, 4) is 11.8 Å². The molecule has 3 heteroatoms. The molecule has 1 saturated carbocycles. The van der Waals surface area contributed by atoms with Crippen molar-refractivity contribution in [3.05, 3.63) is 35.1 Å². The second-order valence-electron chi connectivity index (χ2n) is 5.19. The van der Waals surface area contributed by atoms with Crippen molar-refractivity contribution in [1.82, 2.24) is 0 Å². The highest BCUT2D eigenvalue weighted by molar-refractivity contribution is 5.41. The molecule has 1 aromatic rings. The zero-order valence-electron chi connectivity index (χ0n) is 11.7. The average molecular weight is 276 g/mol. The molecule has 20 heavy (non-hydrogen) atoms. The van der Waals surface area contributed by atoms with Crippen molar-refractivity contribution in [1.29, 1.82) is 0 Å². The maximum Gasteiger partial charge on any atom is 0.124 e. The molecule has 108 valence electrons. The Balaban J connectivity index is 2.00. The van der Waals surface area contributed by atoms with Gasteiger partial charge in [0, 0.05) is 5.56 Å². The van der Waals surface area contributed by atoms with Crippen LogP contribution in [0.15, 0.2) is 18.2 Å². The van der Waals surface area contributed by atoms with Gasteiger partial charge in [0.1, 0.15) is 12.4 Å². The van der Waals surface area contributed by atoms with Crippen molar-refractivity contribution in [2.24, 2.45) is 0 Å². The molecule has 1 aliphatic carbocycles. The first kappa shape index (κ1) is 15.0. The fourth-order valence-corrected chi connectivity index (χ4v) is 2.54. The van der Waals surface area contributed by atoms with Crippen LogP contribution in [0.4, 0.5) is 4.39 Å². The highest BCUT2D eigenvalue weighted by Gasteiger charge is 2.13. The molecule has 0 aliphatic heterocycles. The fourth-order valence-electron chi connectivity index (χ4n) is 2.54. The highest BCUT2D eigenvalue weighted by atomic mass is 19.1. The minimum Gasteiger partial charge on any atom is -0.384 e. The number of rotatable bonds is 3. The van der Waals surface area contributed by atoms with Crippen molar-refractivity contribution in [2.45, 2.75) is 51.2 Å². The van der Waals surface area contributed by atoms with Gasteiger partial charge in [0.15, 0.2) is 0 Å². The summed E-state index contributed by atoms with van der Waals surface area (Å²) in [4.78, 5) is 0. The van der Waals surface area contributed by atoms with Gasteiger partial charge in [0.25, 0.3) is 0 Å². The Bertz CT molecular complexity index is 479. The molecule has 1 aliphatic rings. The van der Waals surface area contributed by atoms with Gasteiger partial charge in [-0.15, -0.1) is 0 Å². The van der Waals surface area contributed by atoms with Crippen LogP contribution in [-0.4, -0.2) is 17.8 Å². The van der Waals surface area contributed by atoms with Gasteiger partial charge in [-0.25, -0.2) is 4.39 Å². The number of aliphatic hydroxyl groups is 1. The summed E-state index contributed by atoms with van der Waals surface area (Å²) in [5.74, 6) is 5.03. The summed E-state index contributed by atoms with van der Waals surface area (Å²) in [6, 6.07) is 4.54. The van der Waals surface area contributed by atoms with Crippen molar-refractivity contribution in [2.75, 3.05) is 6.61 Å². The Morgan fingerprint density at radius 1 is 1.20 bits per heavy atom. The van der Waals surface area contributed by atoms with Crippen LogP contribution in [-0.2, 0) is 11.3 Å². The van der Waals surface area contributed by atoms with Gasteiger partial charge in [-0.2, -0.15) is 0 Å². The molecule has 0 unspecified atom stereocenters. The van der Waals surface area contributed by atoms with E-state index in [0.29, 0.717) is 18.3 Å². The number of hydrogen-bond acceptors (Lipinski definition) is 2. The second kappa shape index (κ2) is 8.04. The van der Waals surface area contributed by atoms with Gasteiger partial charge in [-0.1, -0.05) is 43.6 Å². The molecule has 2 nitrogen and oxygen atoms in total. The molecule has 2 rings (SSSR count). The molecule has 0 radical (unpaired) electrons. The van der Waals surface area contributed by atoms with Crippen molar-refractivity contribution < 1.29 is 14.2 Å². The second-order valence-corrected chi connectivity index (χ2v) is 5.19. The van der Waals surface area contributed by atoms with Gasteiger partial charge in [0.05, 0.1) is 12.7 Å². The average Bonchev–Trinajstić information content (AvgIpc) is 2.72. The molecular weight excluding hydrogens is 255 g/mol. The summed E-state index contributed by atoms with van der Waals surface area (Å²) in [6.07, 6.45) is 7.57. The summed E-state index contributed by atoms with van der Waals surface area (Å²) in [5, 5.41) is 8.75. The number of halogens is 1. The number of hydrogen-bond donors (Lipinski definition) is 1. The van der Waals surface area contributed by atoms with Crippen molar-refractivity contribution >= 4 is 0 Å². The molecular formula is C17H21FO2. The van der Waals surface area contributed by atoms with E-state index in [1.54, 1.807) is 6.07 Å². The Morgan fingerprint density at radius 2 is 1.95 bits per heavy atom. The van der Waals surface area contributed by atoms with Gasteiger partial charge < -0.3 is 9.84 Å². The van der Waals surface area contributed by atoms with Gasteiger partial charge in [0.2, 0.25) is 0 Å². The standard InChI is InChI=1S/C17H21FO2/c18-16-10-9-15(14(12-16)6-5-11-19)13-20-17-7-3-1-2-4-8-17/h9-10,12,17,19H,1-4,7-8,11,13H2. The molecule has 0 aromatic heterocycles. The van der Waals surface area contributed by atoms with E-state index in [0.717, 1.165) is 18.4 Å². The molecule has 0 saturated heterocycles. The van der Waals surface area contributed by atoms with Crippen LogP contribution in [0.25, 0.3) is 0 Å². The van der Waals surface area contributed by atoms with E-state index in [1.165, 1.54) is 37.8 Å². The molecule has 0 amide bonds. The van der Waals surface area contributed by atoms with Crippen LogP contribution >= 0.6 is 0 Å². The van der Waals surface area contributed by atoms with Crippen molar-refractivity contribution in [3.63, 3.8) is 0 Å². The Morgan fingerprint density at radius 3 is 2.65 bits per heavy atom. The molecule has 1 N–H and O–H groups in total. The van der Waals surface area contributed by atoms with Crippen LogP contribution in [0.5, 0.6) is 0 Å². The van der Waals surface area contributed by atoms with Crippen LogP contribution in [0.2, 0.25) is 0 Å². The Kier molecular flexibility index (Phi) is 6.04. The fraction of sp³-hybridized carbons (Fsp3) is 0.529. The summed E-state index contributed by atoms with van der Waals surface area (Å²) < 4.78 is 19.2. The number of aliphatic hydroxyl groups excluding tert-OH is 1. The first-order valence-corrected chi connectivity index (χ1v) is 7.29. The van der Waals surface area contributed by atoms with Crippen LogP contribution < -0.4 is 0 Å². The zero-order valence-corrected chi connectivity index (χ0v) is 11.7. The Labute approximate surface area is 120 Å². The summed E-state index contributed by atoms with van der Waals surface area (Å²) in [7, 11) is 0. The lowest BCUT2D eigenvalue weighted by Crippen LogP contribution is -2.12. The third-order valence-corrected chi connectivity index (χ3v) is 3.65. The van der Waals surface area contributed by atoms with Crippen LogP contribution in [0, 0.1) is 17.7 Å². The van der Waals surface area contributed by atoms with Gasteiger partial charge in [-0.3, -0.25) is 0 Å². The van der Waals surface area contributed by atoms with E-state index >= 15 is 0 Å². The van der Waals surface area contributed by atoms with E-state index in [2.05, 4.69) is 11.8 Å². The lowest BCUT2D eigenvalue weighted by Gasteiger charge is -2.16. The quantitative estimate of drug-likeness (QED) is 0.677. The SMILES string of the molecule is OCC#Cc1cc(F)ccc1COC1CCCCCC1. The molecule has 0 bridgehead atoms. The first-order valence-electron chi connectivity index (χ1n) is 7.29. The first-order chi connectivity index (χ1) is 9.79.